The summed E-state index contributed by atoms with van der Waals surface area (Å²) < 4.78 is 0. The zero-order chi connectivity index (χ0) is 12.5. The summed E-state index contributed by atoms with van der Waals surface area (Å²) in [5, 5.41) is 9.50. The van der Waals surface area contributed by atoms with E-state index in [0.29, 0.717) is 11.4 Å². The molecule has 0 fully saturated rings. The van der Waals surface area contributed by atoms with Crippen LogP contribution in [0.2, 0.25) is 0 Å². The van der Waals surface area contributed by atoms with Gasteiger partial charge in [-0.2, -0.15) is 5.10 Å². The first-order valence-corrected chi connectivity index (χ1v) is 6.17. The fraction of sp³-hybridized carbons (Fsp3) is 0.286. The lowest BCUT2D eigenvalue weighted by Crippen LogP contribution is -2.13. The molecule has 4 heteroatoms. The van der Waals surface area contributed by atoms with Crippen LogP contribution in [0.4, 0.5) is 5.82 Å². The van der Waals surface area contributed by atoms with E-state index in [4.69, 9.17) is 0 Å². The normalized spacial score (nSPS) is 13.4. The second-order valence-corrected chi connectivity index (χ2v) is 4.72. The lowest BCUT2D eigenvalue weighted by molar-refractivity contribution is 0.102. The van der Waals surface area contributed by atoms with Crippen LogP contribution in [0.5, 0.6) is 0 Å². The van der Waals surface area contributed by atoms with Gasteiger partial charge in [0.25, 0.3) is 5.91 Å². The predicted octanol–water partition coefficient (Wildman–Crippen LogP) is 2.46. The summed E-state index contributed by atoms with van der Waals surface area (Å²) in [5.74, 6) is 0.581. The number of carbonyl (C=O) groups is 1. The first-order valence-electron chi connectivity index (χ1n) is 6.17. The topological polar surface area (TPSA) is 57.8 Å². The van der Waals surface area contributed by atoms with E-state index in [9.17, 15) is 4.79 Å². The van der Waals surface area contributed by atoms with Crippen LogP contribution >= 0.6 is 0 Å². The number of hydrogen-bond donors (Lipinski definition) is 2. The van der Waals surface area contributed by atoms with Gasteiger partial charge in [0.05, 0.1) is 6.20 Å². The molecule has 1 aliphatic rings. The summed E-state index contributed by atoms with van der Waals surface area (Å²) in [4.78, 5) is 12.1. The van der Waals surface area contributed by atoms with Crippen LogP contribution in [-0.4, -0.2) is 16.1 Å². The number of benzene rings is 1. The van der Waals surface area contributed by atoms with Gasteiger partial charge in [0.15, 0.2) is 0 Å². The first kappa shape index (κ1) is 11.0. The van der Waals surface area contributed by atoms with Crippen molar-refractivity contribution in [2.24, 2.45) is 0 Å². The Morgan fingerprint density at radius 2 is 2.17 bits per heavy atom. The molecule has 2 N–H and O–H groups in total. The van der Waals surface area contributed by atoms with Gasteiger partial charge in [-0.05, 0) is 49.4 Å². The molecule has 1 heterocycles. The monoisotopic (exact) mass is 241 g/mol. The Bertz CT molecular complexity index is 601. The van der Waals surface area contributed by atoms with E-state index in [1.165, 1.54) is 17.5 Å². The Kier molecular flexibility index (Phi) is 2.63. The van der Waals surface area contributed by atoms with E-state index in [2.05, 4.69) is 21.6 Å². The number of aromatic nitrogens is 2. The number of aromatic amines is 1. The second kappa shape index (κ2) is 4.29. The molecule has 0 spiro atoms. The van der Waals surface area contributed by atoms with Crippen molar-refractivity contribution in [3.63, 3.8) is 0 Å². The second-order valence-electron chi connectivity index (χ2n) is 4.72. The van der Waals surface area contributed by atoms with Gasteiger partial charge < -0.3 is 5.32 Å². The largest absolute Gasteiger partial charge is 0.307 e. The number of aryl methyl sites for hydroxylation is 3. The third-order valence-electron chi connectivity index (χ3n) is 3.43. The van der Waals surface area contributed by atoms with Gasteiger partial charge in [-0.3, -0.25) is 9.89 Å². The van der Waals surface area contributed by atoms with Crippen LogP contribution in [0.25, 0.3) is 0 Å². The SMILES string of the molecule is Cc1cn[nH]c1NC(=O)c1ccc2c(c1)CCC2. The zero-order valence-electron chi connectivity index (χ0n) is 10.3. The van der Waals surface area contributed by atoms with Crippen molar-refractivity contribution >= 4 is 11.7 Å². The van der Waals surface area contributed by atoms with Gasteiger partial charge in [0.1, 0.15) is 5.82 Å². The number of fused-ring (bicyclic) bond motifs is 1. The summed E-state index contributed by atoms with van der Waals surface area (Å²) in [7, 11) is 0. The Hall–Kier alpha value is -2.10. The molecule has 0 aliphatic heterocycles. The summed E-state index contributed by atoms with van der Waals surface area (Å²) in [6.07, 6.45) is 5.11. The standard InChI is InChI=1S/C14H15N3O/c1-9-8-15-17-13(9)16-14(18)12-6-5-10-3-2-4-11(10)7-12/h5-8H,2-4H2,1H3,(H2,15,16,17,18). The number of H-pyrrole nitrogens is 1. The molecular formula is C14H15N3O. The molecule has 4 nitrogen and oxygen atoms in total. The molecule has 0 saturated carbocycles. The molecule has 1 amide bonds. The Balaban J connectivity index is 1.83. The van der Waals surface area contributed by atoms with Crippen molar-refractivity contribution < 1.29 is 4.79 Å². The van der Waals surface area contributed by atoms with Crippen molar-refractivity contribution in [1.29, 1.82) is 0 Å². The van der Waals surface area contributed by atoms with Crippen molar-refractivity contribution in [3.8, 4) is 0 Å². The highest BCUT2D eigenvalue weighted by Gasteiger charge is 2.14. The van der Waals surface area contributed by atoms with Gasteiger partial charge in [0, 0.05) is 11.1 Å². The number of nitrogens with one attached hydrogen (secondary N) is 2. The maximum atomic E-state index is 12.1. The molecule has 1 aromatic heterocycles. The van der Waals surface area contributed by atoms with Crippen molar-refractivity contribution in [2.45, 2.75) is 26.2 Å². The lowest BCUT2D eigenvalue weighted by Gasteiger charge is -2.06. The summed E-state index contributed by atoms with van der Waals surface area (Å²) >= 11 is 0. The van der Waals surface area contributed by atoms with Crippen LogP contribution in [0, 0.1) is 6.92 Å². The molecule has 3 rings (SSSR count). The quantitative estimate of drug-likeness (QED) is 0.848. The Morgan fingerprint density at radius 3 is 2.94 bits per heavy atom. The van der Waals surface area contributed by atoms with Crippen molar-refractivity contribution in [1.82, 2.24) is 10.2 Å². The fourth-order valence-corrected chi connectivity index (χ4v) is 2.37. The molecule has 1 aromatic carbocycles. The highest BCUT2D eigenvalue weighted by atomic mass is 16.1. The fourth-order valence-electron chi connectivity index (χ4n) is 2.37. The predicted molar refractivity (Wildman–Crippen MR) is 69.7 cm³/mol. The minimum atomic E-state index is -0.0861. The number of carbonyl (C=O) groups excluding carboxylic acids is 1. The van der Waals surface area contributed by atoms with Gasteiger partial charge >= 0.3 is 0 Å². The van der Waals surface area contributed by atoms with Gasteiger partial charge in [-0.15, -0.1) is 0 Å². The third kappa shape index (κ3) is 1.90. The Morgan fingerprint density at radius 1 is 1.33 bits per heavy atom. The Labute approximate surface area is 105 Å². The average molecular weight is 241 g/mol. The third-order valence-corrected chi connectivity index (χ3v) is 3.43. The maximum Gasteiger partial charge on any atom is 0.256 e. The number of nitrogens with zero attached hydrogens (tertiary/aromatic N) is 1. The molecular weight excluding hydrogens is 226 g/mol. The molecule has 18 heavy (non-hydrogen) atoms. The summed E-state index contributed by atoms with van der Waals surface area (Å²) in [6.45, 7) is 1.90. The summed E-state index contributed by atoms with van der Waals surface area (Å²) in [6, 6.07) is 5.96. The van der Waals surface area contributed by atoms with E-state index < -0.39 is 0 Å². The summed E-state index contributed by atoms with van der Waals surface area (Å²) in [5.41, 5.74) is 4.34. The number of hydrogen-bond acceptors (Lipinski definition) is 2. The number of anilines is 1. The zero-order valence-corrected chi connectivity index (χ0v) is 10.3. The van der Waals surface area contributed by atoms with E-state index in [1.807, 2.05) is 19.1 Å². The molecule has 0 unspecified atom stereocenters. The van der Waals surface area contributed by atoms with E-state index >= 15 is 0 Å². The highest BCUT2D eigenvalue weighted by molar-refractivity contribution is 6.04. The molecule has 0 atom stereocenters. The van der Waals surface area contributed by atoms with Crippen LogP contribution in [0.15, 0.2) is 24.4 Å². The minimum absolute atomic E-state index is 0.0861. The molecule has 2 aromatic rings. The van der Waals surface area contributed by atoms with Crippen LogP contribution in [0.1, 0.15) is 33.5 Å². The molecule has 92 valence electrons. The van der Waals surface area contributed by atoms with Gasteiger partial charge in [-0.25, -0.2) is 0 Å². The number of rotatable bonds is 2. The smallest absolute Gasteiger partial charge is 0.256 e. The van der Waals surface area contributed by atoms with Gasteiger partial charge in [-0.1, -0.05) is 6.07 Å². The highest BCUT2D eigenvalue weighted by Crippen LogP contribution is 2.23. The molecule has 1 aliphatic carbocycles. The molecule has 0 bridgehead atoms. The lowest BCUT2D eigenvalue weighted by atomic mass is 10.1. The van der Waals surface area contributed by atoms with Crippen LogP contribution in [-0.2, 0) is 12.8 Å². The average Bonchev–Trinajstić information content (AvgIpc) is 2.98. The first-order chi connectivity index (χ1) is 8.74. The van der Waals surface area contributed by atoms with E-state index in [-0.39, 0.29) is 5.91 Å². The van der Waals surface area contributed by atoms with Crippen molar-refractivity contribution in [2.75, 3.05) is 5.32 Å². The van der Waals surface area contributed by atoms with Gasteiger partial charge in [0.2, 0.25) is 0 Å². The molecule has 0 saturated heterocycles. The number of amides is 1. The van der Waals surface area contributed by atoms with E-state index in [0.717, 1.165) is 18.4 Å². The molecule has 0 radical (unpaired) electrons. The van der Waals surface area contributed by atoms with Crippen LogP contribution < -0.4 is 5.32 Å². The van der Waals surface area contributed by atoms with E-state index in [1.54, 1.807) is 6.20 Å². The maximum absolute atomic E-state index is 12.1. The van der Waals surface area contributed by atoms with Crippen molar-refractivity contribution in [3.05, 3.63) is 46.6 Å². The minimum Gasteiger partial charge on any atom is -0.307 e. The van der Waals surface area contributed by atoms with Crippen LogP contribution in [0.3, 0.4) is 0 Å².